The molecular formula is C15H21N3S. The van der Waals surface area contributed by atoms with E-state index < -0.39 is 0 Å². The third-order valence-corrected chi connectivity index (χ3v) is 4.84. The van der Waals surface area contributed by atoms with Crippen molar-refractivity contribution in [3.05, 3.63) is 28.8 Å². The topological polar surface area (TPSA) is 42.2 Å². The maximum Gasteiger partial charge on any atom is 0.0907 e. The largest absolute Gasteiger partial charge is 0.330 e. The van der Waals surface area contributed by atoms with Crippen molar-refractivity contribution < 1.29 is 0 Å². The molecule has 2 heterocycles. The number of benzene rings is 1. The monoisotopic (exact) mass is 275 g/mol. The van der Waals surface area contributed by atoms with Crippen molar-refractivity contribution in [2.45, 2.75) is 26.3 Å². The first-order chi connectivity index (χ1) is 9.24. The molecule has 0 radical (unpaired) electrons. The van der Waals surface area contributed by atoms with Gasteiger partial charge in [0.15, 0.2) is 0 Å². The lowest BCUT2D eigenvalue weighted by Crippen LogP contribution is -2.37. The van der Waals surface area contributed by atoms with Crippen molar-refractivity contribution in [1.82, 2.24) is 9.88 Å². The van der Waals surface area contributed by atoms with E-state index in [9.17, 15) is 0 Å². The van der Waals surface area contributed by atoms with E-state index in [0.717, 1.165) is 30.2 Å². The Labute approximate surface area is 118 Å². The molecule has 0 saturated carbocycles. The molecule has 0 spiro atoms. The number of hydrogen-bond donors (Lipinski definition) is 1. The van der Waals surface area contributed by atoms with Gasteiger partial charge in [0.1, 0.15) is 0 Å². The fraction of sp³-hybridized carbons (Fsp3) is 0.533. The third-order valence-electron chi connectivity index (χ3n) is 3.90. The van der Waals surface area contributed by atoms with Crippen LogP contribution in [0, 0.1) is 12.8 Å². The molecule has 2 N–H and O–H groups in total. The molecule has 0 bridgehead atoms. The van der Waals surface area contributed by atoms with Crippen molar-refractivity contribution in [1.29, 1.82) is 0 Å². The molecule has 1 aliphatic rings. The van der Waals surface area contributed by atoms with Crippen molar-refractivity contribution in [2.24, 2.45) is 11.7 Å². The summed E-state index contributed by atoms with van der Waals surface area (Å²) in [5.41, 5.74) is 8.33. The molecule has 102 valence electrons. The Morgan fingerprint density at radius 3 is 3.21 bits per heavy atom. The van der Waals surface area contributed by atoms with Crippen LogP contribution in [0.1, 0.15) is 23.4 Å². The number of rotatable bonds is 3. The van der Waals surface area contributed by atoms with Crippen molar-refractivity contribution in [3.63, 3.8) is 0 Å². The standard InChI is InChI=1S/C15H21N3S/c1-11-17-14-5-4-12(7-15(14)19-11)9-18-6-2-3-13(8-16)10-18/h4-5,7,13H,2-3,6,8-10,16H2,1H3. The summed E-state index contributed by atoms with van der Waals surface area (Å²) in [4.78, 5) is 7.05. The maximum atomic E-state index is 5.80. The van der Waals surface area contributed by atoms with Crippen molar-refractivity contribution >= 4 is 21.6 Å². The average molecular weight is 275 g/mol. The van der Waals surface area contributed by atoms with Gasteiger partial charge in [-0.05, 0) is 56.5 Å². The number of nitrogens with two attached hydrogens (primary N) is 1. The molecule has 3 nitrogen and oxygen atoms in total. The normalized spacial score (nSPS) is 21.1. The Bertz CT molecular complexity index is 564. The highest BCUT2D eigenvalue weighted by atomic mass is 32.1. The summed E-state index contributed by atoms with van der Waals surface area (Å²) in [6.07, 6.45) is 2.57. The van der Waals surface area contributed by atoms with E-state index >= 15 is 0 Å². The molecule has 19 heavy (non-hydrogen) atoms. The summed E-state index contributed by atoms with van der Waals surface area (Å²) in [7, 11) is 0. The first-order valence-corrected chi connectivity index (χ1v) is 7.85. The summed E-state index contributed by atoms with van der Waals surface area (Å²) < 4.78 is 1.31. The van der Waals surface area contributed by atoms with Crippen LogP contribution in [0.2, 0.25) is 0 Å². The van der Waals surface area contributed by atoms with Gasteiger partial charge in [0.2, 0.25) is 0 Å². The van der Waals surface area contributed by atoms with Gasteiger partial charge in [-0.2, -0.15) is 0 Å². The highest BCUT2D eigenvalue weighted by Crippen LogP contribution is 2.24. The van der Waals surface area contributed by atoms with E-state index in [1.54, 1.807) is 11.3 Å². The second kappa shape index (κ2) is 5.57. The van der Waals surface area contributed by atoms with E-state index in [1.165, 1.54) is 29.6 Å². The number of fused-ring (bicyclic) bond motifs is 1. The van der Waals surface area contributed by atoms with Gasteiger partial charge < -0.3 is 5.73 Å². The van der Waals surface area contributed by atoms with Crippen LogP contribution >= 0.6 is 11.3 Å². The SMILES string of the molecule is Cc1nc2ccc(CN3CCCC(CN)C3)cc2s1. The lowest BCUT2D eigenvalue weighted by molar-refractivity contribution is 0.171. The quantitative estimate of drug-likeness (QED) is 0.936. The smallest absolute Gasteiger partial charge is 0.0907 e. The average Bonchev–Trinajstić information content (AvgIpc) is 2.78. The van der Waals surface area contributed by atoms with Crippen LogP contribution in [0.25, 0.3) is 10.2 Å². The molecule has 1 aliphatic heterocycles. The number of aromatic nitrogens is 1. The minimum atomic E-state index is 0.683. The number of likely N-dealkylation sites (tertiary alicyclic amines) is 1. The van der Waals surface area contributed by atoms with E-state index in [-0.39, 0.29) is 0 Å². The second-order valence-electron chi connectivity index (χ2n) is 5.51. The zero-order valence-corrected chi connectivity index (χ0v) is 12.2. The van der Waals surface area contributed by atoms with Crippen LogP contribution in [0.5, 0.6) is 0 Å². The second-order valence-corrected chi connectivity index (χ2v) is 6.75. The van der Waals surface area contributed by atoms with Crippen molar-refractivity contribution in [2.75, 3.05) is 19.6 Å². The summed E-state index contributed by atoms with van der Waals surface area (Å²) in [5.74, 6) is 0.683. The Hall–Kier alpha value is -0.970. The van der Waals surface area contributed by atoms with Crippen LogP contribution in [0.3, 0.4) is 0 Å². The van der Waals surface area contributed by atoms with E-state index in [1.807, 2.05) is 0 Å². The minimum Gasteiger partial charge on any atom is -0.330 e. The lowest BCUT2D eigenvalue weighted by Gasteiger charge is -2.32. The van der Waals surface area contributed by atoms with Gasteiger partial charge in [-0.15, -0.1) is 11.3 Å². The highest BCUT2D eigenvalue weighted by molar-refractivity contribution is 7.18. The van der Waals surface area contributed by atoms with Crippen LogP contribution in [0.15, 0.2) is 18.2 Å². The van der Waals surface area contributed by atoms with Crippen molar-refractivity contribution in [3.8, 4) is 0 Å². The van der Waals surface area contributed by atoms with Crippen LogP contribution in [-0.2, 0) is 6.54 Å². The Morgan fingerprint density at radius 2 is 2.37 bits per heavy atom. The number of nitrogens with zero attached hydrogens (tertiary/aromatic N) is 2. The molecule has 1 aromatic heterocycles. The zero-order chi connectivity index (χ0) is 13.2. The van der Waals surface area contributed by atoms with Crippen LogP contribution < -0.4 is 5.73 Å². The molecule has 1 unspecified atom stereocenters. The molecule has 0 amide bonds. The zero-order valence-electron chi connectivity index (χ0n) is 11.4. The number of aryl methyl sites for hydroxylation is 1. The van der Waals surface area contributed by atoms with E-state index in [0.29, 0.717) is 5.92 Å². The van der Waals surface area contributed by atoms with Crippen LogP contribution in [-0.4, -0.2) is 29.5 Å². The fourth-order valence-corrected chi connectivity index (χ4v) is 3.82. The Kier molecular flexibility index (Phi) is 3.82. The molecule has 1 saturated heterocycles. The summed E-state index contributed by atoms with van der Waals surface area (Å²) >= 11 is 1.78. The first kappa shape index (κ1) is 13.0. The van der Waals surface area contributed by atoms with Gasteiger partial charge in [-0.3, -0.25) is 4.90 Å². The maximum absolute atomic E-state index is 5.80. The molecule has 2 aromatic rings. The third kappa shape index (κ3) is 2.96. The minimum absolute atomic E-state index is 0.683. The lowest BCUT2D eigenvalue weighted by atomic mass is 9.98. The van der Waals surface area contributed by atoms with Gasteiger partial charge in [-0.1, -0.05) is 6.07 Å². The first-order valence-electron chi connectivity index (χ1n) is 7.03. The predicted octanol–water partition coefficient (Wildman–Crippen LogP) is 2.78. The number of hydrogen-bond acceptors (Lipinski definition) is 4. The molecule has 3 rings (SSSR count). The molecule has 1 fully saturated rings. The summed E-state index contributed by atoms with van der Waals surface area (Å²) in [5, 5.41) is 1.15. The van der Waals surface area contributed by atoms with E-state index in [4.69, 9.17) is 5.73 Å². The van der Waals surface area contributed by atoms with Gasteiger partial charge >= 0.3 is 0 Å². The molecule has 1 aromatic carbocycles. The Morgan fingerprint density at radius 1 is 1.47 bits per heavy atom. The van der Waals surface area contributed by atoms with Gasteiger partial charge in [0.25, 0.3) is 0 Å². The molecule has 0 aliphatic carbocycles. The fourth-order valence-electron chi connectivity index (χ4n) is 2.93. The number of thiazole rings is 1. The summed E-state index contributed by atoms with van der Waals surface area (Å²) in [6.45, 7) is 6.29. The molecule has 1 atom stereocenters. The van der Waals surface area contributed by atoms with Gasteiger partial charge in [-0.25, -0.2) is 4.98 Å². The molecule has 4 heteroatoms. The summed E-state index contributed by atoms with van der Waals surface area (Å²) in [6, 6.07) is 6.66. The highest BCUT2D eigenvalue weighted by Gasteiger charge is 2.18. The van der Waals surface area contributed by atoms with E-state index in [2.05, 4.69) is 35.0 Å². The van der Waals surface area contributed by atoms with Gasteiger partial charge in [0.05, 0.1) is 15.2 Å². The number of piperidine rings is 1. The van der Waals surface area contributed by atoms with Gasteiger partial charge in [0, 0.05) is 13.1 Å². The molecular weight excluding hydrogens is 254 g/mol. The predicted molar refractivity (Wildman–Crippen MR) is 81.4 cm³/mol. The van der Waals surface area contributed by atoms with Crippen LogP contribution in [0.4, 0.5) is 0 Å². The Balaban J connectivity index is 1.73.